The molecule has 0 aliphatic heterocycles. The van der Waals surface area contributed by atoms with Crippen LogP contribution in [0.2, 0.25) is 0 Å². The molecule has 33 heavy (non-hydrogen) atoms. The summed E-state index contributed by atoms with van der Waals surface area (Å²) in [6.45, 7) is 6.73. The van der Waals surface area contributed by atoms with E-state index in [1.54, 1.807) is 18.2 Å². The molecule has 2 aromatic carbocycles. The van der Waals surface area contributed by atoms with Gasteiger partial charge in [-0.2, -0.15) is 0 Å². The van der Waals surface area contributed by atoms with E-state index in [1.165, 1.54) is 13.8 Å². The molecular formula is C26H26N2O5. The lowest BCUT2D eigenvalue weighted by molar-refractivity contribution is -0.111. The van der Waals surface area contributed by atoms with E-state index in [0.29, 0.717) is 11.1 Å². The van der Waals surface area contributed by atoms with Crippen LogP contribution in [0, 0.1) is 6.92 Å². The molecular weight excluding hydrogens is 420 g/mol. The Morgan fingerprint density at radius 3 is 2.18 bits per heavy atom. The number of benzene rings is 2. The number of ether oxygens (including phenoxy) is 1. The summed E-state index contributed by atoms with van der Waals surface area (Å²) in [5.74, 6) is -0.987. The van der Waals surface area contributed by atoms with Gasteiger partial charge in [-0.25, -0.2) is 0 Å². The van der Waals surface area contributed by atoms with Crippen LogP contribution in [-0.4, -0.2) is 23.7 Å². The quantitative estimate of drug-likeness (QED) is 0.292. The van der Waals surface area contributed by atoms with E-state index < -0.39 is 11.8 Å². The lowest BCUT2D eigenvalue weighted by Crippen LogP contribution is -2.19. The molecule has 3 N–H and O–H groups in total. The maximum atomic E-state index is 13.3. The van der Waals surface area contributed by atoms with Gasteiger partial charge in [0.2, 0.25) is 5.88 Å². The van der Waals surface area contributed by atoms with Crippen LogP contribution in [0.5, 0.6) is 5.75 Å². The number of carbonyl (C=O) groups excluding carboxylic acids is 3. The van der Waals surface area contributed by atoms with E-state index >= 15 is 0 Å². The van der Waals surface area contributed by atoms with Crippen molar-refractivity contribution in [3.05, 3.63) is 82.6 Å². The molecule has 3 aromatic rings. The normalized spacial score (nSPS) is 11.4. The first kappa shape index (κ1) is 23.5. The lowest BCUT2D eigenvalue weighted by atomic mass is 10.0. The Balaban J connectivity index is 2.00. The molecule has 0 saturated carbocycles. The van der Waals surface area contributed by atoms with E-state index in [1.807, 2.05) is 56.3 Å². The first-order valence-electron chi connectivity index (χ1n) is 10.5. The molecule has 0 radical (unpaired) electrons. The number of primary amides is 1. The Hall–Kier alpha value is -4.13. The predicted octanol–water partition coefficient (Wildman–Crippen LogP) is 4.86. The molecule has 0 spiro atoms. The van der Waals surface area contributed by atoms with Crippen molar-refractivity contribution in [2.75, 3.05) is 5.32 Å². The molecule has 1 heterocycles. The van der Waals surface area contributed by atoms with Gasteiger partial charge in [0.05, 0.1) is 11.7 Å². The third-order valence-corrected chi connectivity index (χ3v) is 4.80. The van der Waals surface area contributed by atoms with E-state index in [0.717, 1.165) is 11.3 Å². The average molecular weight is 447 g/mol. The van der Waals surface area contributed by atoms with Gasteiger partial charge in [0, 0.05) is 5.57 Å². The van der Waals surface area contributed by atoms with Gasteiger partial charge in [-0.1, -0.05) is 42.5 Å². The number of nitrogens with two attached hydrogens (primary N) is 1. The van der Waals surface area contributed by atoms with E-state index in [4.69, 9.17) is 14.9 Å². The lowest BCUT2D eigenvalue weighted by Gasteiger charge is -2.11. The first-order valence-corrected chi connectivity index (χ1v) is 10.5. The van der Waals surface area contributed by atoms with Crippen LogP contribution >= 0.6 is 0 Å². The zero-order chi connectivity index (χ0) is 24.1. The molecule has 0 unspecified atom stereocenters. The van der Waals surface area contributed by atoms with E-state index in [2.05, 4.69) is 5.32 Å². The molecule has 7 heteroatoms. The second-order valence-corrected chi connectivity index (χ2v) is 7.77. The van der Waals surface area contributed by atoms with Gasteiger partial charge < -0.3 is 14.9 Å². The molecule has 7 nitrogen and oxygen atoms in total. The second kappa shape index (κ2) is 9.99. The van der Waals surface area contributed by atoms with Crippen molar-refractivity contribution in [3.63, 3.8) is 0 Å². The van der Waals surface area contributed by atoms with E-state index in [-0.39, 0.29) is 34.7 Å². The number of hydrogen-bond donors (Lipinski definition) is 2. The number of ketones is 1. The van der Waals surface area contributed by atoms with Crippen LogP contribution in [0.15, 0.2) is 59.0 Å². The molecule has 0 aliphatic rings. The maximum absolute atomic E-state index is 13.3. The van der Waals surface area contributed by atoms with Crippen molar-refractivity contribution < 1.29 is 23.5 Å². The van der Waals surface area contributed by atoms with E-state index in [9.17, 15) is 14.4 Å². The number of nitrogens with one attached hydrogen (secondary N) is 1. The number of furan rings is 1. The fraction of sp³-hybridized carbons (Fsp3) is 0.192. The summed E-state index contributed by atoms with van der Waals surface area (Å²) in [7, 11) is 0. The number of amides is 2. The summed E-state index contributed by atoms with van der Waals surface area (Å²) >= 11 is 0. The minimum absolute atomic E-state index is 0.0492. The molecule has 0 bridgehead atoms. The minimum atomic E-state index is -0.863. The number of hydrogen-bond acceptors (Lipinski definition) is 5. The van der Waals surface area contributed by atoms with Crippen molar-refractivity contribution in [3.8, 4) is 5.75 Å². The summed E-state index contributed by atoms with van der Waals surface area (Å²) in [4.78, 5) is 37.3. The van der Waals surface area contributed by atoms with Gasteiger partial charge in [0.1, 0.15) is 17.1 Å². The Morgan fingerprint density at radius 2 is 1.64 bits per heavy atom. The SMILES string of the molecule is CC(=O)c1c(C)oc(NC(=O)/C(=C/c2ccc(OC(C)C)cc2)c2ccccc2)c1C(N)=O. The highest BCUT2D eigenvalue weighted by atomic mass is 16.5. The third kappa shape index (κ3) is 5.57. The number of Topliss-reactive ketones (excluding diaryl/α,β-unsaturated/α-hetero) is 1. The monoisotopic (exact) mass is 446 g/mol. The highest BCUT2D eigenvalue weighted by Gasteiger charge is 2.27. The summed E-state index contributed by atoms with van der Waals surface area (Å²) in [6.07, 6.45) is 1.77. The van der Waals surface area contributed by atoms with Gasteiger partial charge in [-0.05, 0) is 57.0 Å². The second-order valence-electron chi connectivity index (χ2n) is 7.77. The zero-order valence-corrected chi connectivity index (χ0v) is 19.0. The van der Waals surface area contributed by atoms with Gasteiger partial charge in [-0.15, -0.1) is 0 Å². The van der Waals surface area contributed by atoms with Crippen molar-refractivity contribution in [2.45, 2.75) is 33.8 Å². The number of aryl methyl sites for hydroxylation is 1. The van der Waals surface area contributed by atoms with Crippen LogP contribution in [0.25, 0.3) is 11.6 Å². The topological polar surface area (TPSA) is 112 Å². The van der Waals surface area contributed by atoms with Crippen LogP contribution in [-0.2, 0) is 4.79 Å². The number of carbonyl (C=O) groups is 3. The fourth-order valence-corrected chi connectivity index (χ4v) is 3.44. The first-order chi connectivity index (χ1) is 15.7. The Bertz CT molecular complexity index is 1210. The molecule has 3 rings (SSSR count). The fourth-order valence-electron chi connectivity index (χ4n) is 3.44. The van der Waals surface area contributed by atoms with Crippen molar-refractivity contribution in [1.82, 2.24) is 0 Å². The number of anilines is 1. The highest BCUT2D eigenvalue weighted by molar-refractivity contribution is 6.29. The van der Waals surface area contributed by atoms with Crippen molar-refractivity contribution in [1.29, 1.82) is 0 Å². The summed E-state index contributed by atoms with van der Waals surface area (Å²) < 4.78 is 11.2. The Kier molecular flexibility index (Phi) is 7.13. The van der Waals surface area contributed by atoms with Gasteiger partial charge in [0.15, 0.2) is 5.78 Å². The van der Waals surface area contributed by atoms with Crippen LogP contribution in [0.4, 0.5) is 5.88 Å². The van der Waals surface area contributed by atoms with Gasteiger partial charge in [0.25, 0.3) is 11.8 Å². The van der Waals surface area contributed by atoms with Crippen LogP contribution < -0.4 is 15.8 Å². The molecule has 170 valence electrons. The van der Waals surface area contributed by atoms with Gasteiger partial charge in [-0.3, -0.25) is 19.7 Å². The third-order valence-electron chi connectivity index (χ3n) is 4.80. The molecule has 1 aromatic heterocycles. The maximum Gasteiger partial charge on any atom is 0.258 e. The minimum Gasteiger partial charge on any atom is -0.491 e. The molecule has 0 aliphatic carbocycles. The molecule has 2 amide bonds. The van der Waals surface area contributed by atoms with Crippen molar-refractivity contribution >= 4 is 35.1 Å². The van der Waals surface area contributed by atoms with Crippen LogP contribution in [0.1, 0.15) is 58.4 Å². The Morgan fingerprint density at radius 1 is 1.00 bits per heavy atom. The molecule has 0 atom stereocenters. The smallest absolute Gasteiger partial charge is 0.258 e. The zero-order valence-electron chi connectivity index (χ0n) is 19.0. The summed E-state index contributed by atoms with van der Waals surface area (Å²) in [5, 5.41) is 2.61. The predicted molar refractivity (Wildman–Crippen MR) is 127 cm³/mol. The largest absolute Gasteiger partial charge is 0.491 e. The summed E-state index contributed by atoms with van der Waals surface area (Å²) in [5.41, 5.74) is 7.16. The highest BCUT2D eigenvalue weighted by Crippen LogP contribution is 2.29. The average Bonchev–Trinajstić information content (AvgIpc) is 3.09. The summed E-state index contributed by atoms with van der Waals surface area (Å²) in [6, 6.07) is 16.4. The molecule has 0 saturated heterocycles. The van der Waals surface area contributed by atoms with Crippen molar-refractivity contribution in [2.24, 2.45) is 5.73 Å². The van der Waals surface area contributed by atoms with Gasteiger partial charge >= 0.3 is 0 Å². The standard InChI is InChI=1S/C26H26N2O5/c1-15(2)32-20-12-10-18(11-13-20)14-21(19-8-6-5-7-9-19)25(31)28-26-23(24(27)30)22(16(3)29)17(4)33-26/h5-15H,1-4H3,(H2,27,30)(H,28,31)/b21-14+. The Labute approximate surface area is 192 Å². The number of rotatable bonds is 8. The van der Waals surface area contributed by atoms with Crippen LogP contribution in [0.3, 0.4) is 0 Å². The molecule has 0 fully saturated rings.